The van der Waals surface area contributed by atoms with E-state index in [0.29, 0.717) is 17.3 Å². The number of nitrogens with zero attached hydrogens (tertiary/aromatic N) is 2. The van der Waals surface area contributed by atoms with Gasteiger partial charge in [0.2, 0.25) is 0 Å². The van der Waals surface area contributed by atoms with Crippen LogP contribution in [-0.2, 0) is 16.0 Å². The number of fused-ring (bicyclic) bond motifs is 1. The Morgan fingerprint density at radius 1 is 1.23 bits per heavy atom. The van der Waals surface area contributed by atoms with Gasteiger partial charge in [0.1, 0.15) is 0 Å². The highest BCUT2D eigenvalue weighted by Gasteiger charge is 2.24. The second kappa shape index (κ2) is 7.13. The van der Waals surface area contributed by atoms with E-state index in [1.165, 1.54) is 11.3 Å². The number of aryl methyl sites for hydroxylation is 1. The summed E-state index contributed by atoms with van der Waals surface area (Å²) in [4.78, 5) is 30.6. The Morgan fingerprint density at radius 2 is 2.12 bits per heavy atom. The predicted octanol–water partition coefficient (Wildman–Crippen LogP) is 3.54. The first-order valence-electron chi connectivity index (χ1n) is 8.27. The van der Waals surface area contributed by atoms with E-state index in [2.05, 4.69) is 4.98 Å². The summed E-state index contributed by atoms with van der Waals surface area (Å²) in [7, 11) is 0. The first-order valence-corrected chi connectivity index (χ1v) is 9.15. The van der Waals surface area contributed by atoms with Crippen LogP contribution in [0.4, 0.5) is 5.69 Å². The second-order valence-electron chi connectivity index (χ2n) is 5.87. The molecule has 1 aliphatic rings. The van der Waals surface area contributed by atoms with Gasteiger partial charge in [-0.05, 0) is 36.6 Å². The van der Waals surface area contributed by atoms with Crippen molar-refractivity contribution in [3.8, 4) is 10.8 Å². The third-order valence-corrected chi connectivity index (χ3v) is 5.04. The van der Waals surface area contributed by atoms with Crippen molar-refractivity contribution in [3.63, 3.8) is 0 Å². The lowest BCUT2D eigenvalue weighted by Crippen LogP contribution is -2.38. The summed E-state index contributed by atoms with van der Waals surface area (Å²) < 4.78 is 10.4. The van der Waals surface area contributed by atoms with E-state index in [1.54, 1.807) is 28.7 Å². The van der Waals surface area contributed by atoms with Crippen LogP contribution >= 0.6 is 11.3 Å². The maximum Gasteiger partial charge on any atom is 0.358 e. The minimum atomic E-state index is -0.613. The Hall–Kier alpha value is -2.93. The maximum absolute atomic E-state index is 12.5. The Balaban J connectivity index is 1.40. The predicted molar refractivity (Wildman–Crippen MR) is 97.2 cm³/mol. The van der Waals surface area contributed by atoms with Crippen molar-refractivity contribution in [1.29, 1.82) is 0 Å². The molecule has 0 spiro atoms. The number of hydrogen-bond donors (Lipinski definition) is 0. The highest BCUT2D eigenvalue weighted by Crippen LogP contribution is 2.27. The molecule has 1 amide bonds. The van der Waals surface area contributed by atoms with Crippen molar-refractivity contribution in [2.45, 2.75) is 12.8 Å². The molecule has 0 N–H and O–H groups in total. The van der Waals surface area contributed by atoms with Gasteiger partial charge in [-0.15, -0.1) is 11.3 Å². The fraction of sp³-hybridized carbons (Fsp3) is 0.211. The highest BCUT2D eigenvalue weighted by molar-refractivity contribution is 7.13. The Bertz CT molecular complexity index is 933. The molecule has 0 saturated carbocycles. The number of furan rings is 1. The van der Waals surface area contributed by atoms with Gasteiger partial charge in [0.05, 0.1) is 6.26 Å². The first kappa shape index (κ1) is 16.5. The molecule has 0 unspecified atom stereocenters. The number of benzene rings is 1. The van der Waals surface area contributed by atoms with Crippen LogP contribution in [-0.4, -0.2) is 30.0 Å². The topological polar surface area (TPSA) is 72.6 Å². The van der Waals surface area contributed by atoms with Crippen LogP contribution in [0.3, 0.4) is 0 Å². The molecule has 7 heteroatoms. The smallest absolute Gasteiger partial charge is 0.358 e. The van der Waals surface area contributed by atoms with E-state index in [-0.39, 0.29) is 18.2 Å². The Labute approximate surface area is 154 Å². The summed E-state index contributed by atoms with van der Waals surface area (Å²) in [6, 6.07) is 11.3. The Morgan fingerprint density at radius 3 is 2.96 bits per heavy atom. The summed E-state index contributed by atoms with van der Waals surface area (Å²) in [6.07, 6.45) is 3.40. The lowest BCUT2D eigenvalue weighted by Gasteiger charge is -2.29. The maximum atomic E-state index is 12.5. The summed E-state index contributed by atoms with van der Waals surface area (Å²) in [5.74, 6) is -0.250. The Kier molecular flexibility index (Phi) is 4.53. The van der Waals surface area contributed by atoms with E-state index in [4.69, 9.17) is 9.15 Å². The molecule has 1 aromatic carbocycles. The van der Waals surface area contributed by atoms with Gasteiger partial charge in [-0.25, -0.2) is 9.78 Å². The van der Waals surface area contributed by atoms with E-state index in [1.807, 2.05) is 24.3 Å². The van der Waals surface area contributed by atoms with Gasteiger partial charge in [-0.3, -0.25) is 4.79 Å². The molecule has 0 bridgehead atoms. The zero-order chi connectivity index (χ0) is 17.9. The number of anilines is 1. The molecular formula is C19H16N2O4S. The average molecular weight is 368 g/mol. The van der Waals surface area contributed by atoms with Crippen molar-refractivity contribution in [3.05, 3.63) is 59.3 Å². The number of rotatable bonds is 4. The monoisotopic (exact) mass is 368 g/mol. The van der Waals surface area contributed by atoms with Gasteiger partial charge in [-0.1, -0.05) is 18.2 Å². The molecule has 0 aliphatic carbocycles. The molecule has 1 aliphatic heterocycles. The summed E-state index contributed by atoms with van der Waals surface area (Å²) in [5.41, 5.74) is 2.21. The van der Waals surface area contributed by atoms with Crippen LogP contribution in [0.1, 0.15) is 22.5 Å². The van der Waals surface area contributed by atoms with Crippen molar-refractivity contribution >= 4 is 28.9 Å². The third-order valence-electron chi connectivity index (χ3n) is 4.18. The van der Waals surface area contributed by atoms with Crippen LogP contribution in [0.15, 0.2) is 52.5 Å². The minimum Gasteiger partial charge on any atom is -0.462 e. The zero-order valence-corrected chi connectivity index (χ0v) is 14.7. The number of ether oxygens (including phenoxy) is 1. The number of amides is 1. The molecule has 3 heterocycles. The number of aromatic nitrogens is 1. The minimum absolute atomic E-state index is 0.174. The molecule has 132 valence electrons. The number of carbonyl (C=O) groups excluding carboxylic acids is 2. The van der Waals surface area contributed by atoms with Gasteiger partial charge < -0.3 is 14.1 Å². The summed E-state index contributed by atoms with van der Waals surface area (Å²) >= 11 is 1.29. The fourth-order valence-corrected chi connectivity index (χ4v) is 3.71. The lowest BCUT2D eigenvalue weighted by molar-refractivity contribution is -0.121. The summed E-state index contributed by atoms with van der Waals surface area (Å²) in [5, 5.41) is 2.19. The fourth-order valence-electron chi connectivity index (χ4n) is 2.95. The largest absolute Gasteiger partial charge is 0.462 e. The number of carbonyl (C=O) groups is 2. The van der Waals surface area contributed by atoms with Crippen molar-refractivity contribution in [2.75, 3.05) is 18.1 Å². The lowest BCUT2D eigenvalue weighted by atomic mass is 10.0. The number of thiazole rings is 1. The van der Waals surface area contributed by atoms with Crippen LogP contribution in [0.25, 0.3) is 10.8 Å². The van der Waals surface area contributed by atoms with Gasteiger partial charge in [0.15, 0.2) is 23.1 Å². The first-order chi connectivity index (χ1) is 12.7. The molecular weight excluding hydrogens is 352 g/mol. The van der Waals surface area contributed by atoms with Crippen LogP contribution in [0.2, 0.25) is 0 Å². The summed E-state index contributed by atoms with van der Waals surface area (Å²) in [6.45, 7) is 0.327. The van der Waals surface area contributed by atoms with Crippen molar-refractivity contribution in [2.24, 2.45) is 0 Å². The molecule has 3 aromatic rings. The van der Waals surface area contributed by atoms with Crippen molar-refractivity contribution in [1.82, 2.24) is 4.98 Å². The molecule has 0 fully saturated rings. The molecule has 0 saturated heterocycles. The number of hydrogen-bond acceptors (Lipinski definition) is 6. The van der Waals surface area contributed by atoms with Crippen LogP contribution < -0.4 is 4.90 Å². The van der Waals surface area contributed by atoms with Gasteiger partial charge >= 0.3 is 5.97 Å². The van der Waals surface area contributed by atoms with Gasteiger partial charge in [-0.2, -0.15) is 0 Å². The van der Waals surface area contributed by atoms with E-state index >= 15 is 0 Å². The highest BCUT2D eigenvalue weighted by atomic mass is 32.1. The van der Waals surface area contributed by atoms with E-state index in [0.717, 1.165) is 24.1 Å². The molecule has 0 radical (unpaired) electrons. The molecule has 4 rings (SSSR count). The second-order valence-corrected chi connectivity index (χ2v) is 6.73. The van der Waals surface area contributed by atoms with Crippen LogP contribution in [0.5, 0.6) is 0 Å². The third kappa shape index (κ3) is 3.25. The number of para-hydroxylation sites is 1. The van der Waals surface area contributed by atoms with Gasteiger partial charge in [0, 0.05) is 17.6 Å². The van der Waals surface area contributed by atoms with E-state index in [9.17, 15) is 9.59 Å². The van der Waals surface area contributed by atoms with Gasteiger partial charge in [0.25, 0.3) is 5.91 Å². The average Bonchev–Trinajstić information content (AvgIpc) is 3.36. The number of esters is 1. The van der Waals surface area contributed by atoms with Crippen molar-refractivity contribution < 1.29 is 18.7 Å². The van der Waals surface area contributed by atoms with E-state index < -0.39 is 5.97 Å². The molecule has 26 heavy (non-hydrogen) atoms. The standard InChI is InChI=1S/C19H16N2O4S/c22-17(21-9-3-6-13-5-1-2-7-15(13)21)11-25-19(23)14-12-26-18(20-14)16-8-4-10-24-16/h1-2,4-5,7-8,10,12H,3,6,9,11H2. The SMILES string of the molecule is O=C(OCC(=O)N1CCCc2ccccc21)c1csc(-c2ccco2)n1. The van der Waals surface area contributed by atoms with Crippen LogP contribution in [0, 0.1) is 0 Å². The normalized spacial score (nSPS) is 13.3. The zero-order valence-electron chi connectivity index (χ0n) is 13.9. The molecule has 6 nitrogen and oxygen atoms in total. The molecule has 0 atom stereocenters. The quantitative estimate of drug-likeness (QED) is 0.659. The molecule has 2 aromatic heterocycles.